The monoisotopic (exact) mass is 212 g/mol. The van der Waals surface area contributed by atoms with E-state index < -0.39 is 0 Å². The molecule has 88 valence electrons. The third-order valence-electron chi connectivity index (χ3n) is 2.60. The predicted octanol–water partition coefficient (Wildman–Crippen LogP) is 1.68. The van der Waals surface area contributed by atoms with Gasteiger partial charge in [0.15, 0.2) is 0 Å². The normalized spacial score (nSPS) is 23.3. The summed E-state index contributed by atoms with van der Waals surface area (Å²) < 4.78 is 0. The van der Waals surface area contributed by atoms with E-state index in [2.05, 4.69) is 31.4 Å². The molecule has 0 aromatic rings. The molecule has 3 nitrogen and oxygen atoms in total. The van der Waals surface area contributed by atoms with E-state index in [1.165, 1.54) is 12.8 Å². The second-order valence-corrected chi connectivity index (χ2v) is 5.70. The van der Waals surface area contributed by atoms with E-state index >= 15 is 0 Å². The van der Waals surface area contributed by atoms with E-state index in [9.17, 15) is 4.79 Å². The van der Waals surface area contributed by atoms with E-state index in [0.29, 0.717) is 12.5 Å². The Morgan fingerprint density at radius 3 is 2.80 bits per heavy atom. The van der Waals surface area contributed by atoms with Gasteiger partial charge in [-0.3, -0.25) is 4.79 Å². The second kappa shape index (κ2) is 5.50. The van der Waals surface area contributed by atoms with Crippen molar-refractivity contribution in [1.29, 1.82) is 0 Å². The Hall–Kier alpha value is -0.570. The highest BCUT2D eigenvalue weighted by Gasteiger charge is 2.19. The maximum absolute atomic E-state index is 11.7. The number of carbonyl (C=O) groups is 1. The van der Waals surface area contributed by atoms with Crippen molar-refractivity contribution in [2.45, 2.75) is 52.5 Å². The lowest BCUT2D eigenvalue weighted by atomic mass is 9.92. The molecule has 1 heterocycles. The lowest BCUT2D eigenvalue weighted by Gasteiger charge is -2.21. The molecule has 2 N–H and O–H groups in total. The number of amides is 1. The minimum Gasteiger partial charge on any atom is -0.352 e. The van der Waals surface area contributed by atoms with Crippen molar-refractivity contribution in [3.63, 3.8) is 0 Å². The van der Waals surface area contributed by atoms with Crippen LogP contribution in [0.4, 0.5) is 0 Å². The average molecular weight is 212 g/mol. The van der Waals surface area contributed by atoms with Crippen molar-refractivity contribution in [3.05, 3.63) is 0 Å². The molecule has 1 fully saturated rings. The van der Waals surface area contributed by atoms with Gasteiger partial charge in [-0.05, 0) is 24.8 Å². The van der Waals surface area contributed by atoms with Crippen LogP contribution in [-0.4, -0.2) is 25.0 Å². The summed E-state index contributed by atoms with van der Waals surface area (Å²) in [7, 11) is 0. The van der Waals surface area contributed by atoms with Gasteiger partial charge in [0.1, 0.15) is 0 Å². The van der Waals surface area contributed by atoms with Crippen LogP contribution in [0.15, 0.2) is 0 Å². The van der Waals surface area contributed by atoms with Gasteiger partial charge in [-0.25, -0.2) is 0 Å². The topological polar surface area (TPSA) is 41.1 Å². The first kappa shape index (κ1) is 12.5. The summed E-state index contributed by atoms with van der Waals surface area (Å²) in [4.78, 5) is 11.7. The molecule has 0 aromatic heterocycles. The zero-order chi connectivity index (χ0) is 11.3. The van der Waals surface area contributed by atoms with Gasteiger partial charge in [0, 0.05) is 19.0 Å². The van der Waals surface area contributed by atoms with Gasteiger partial charge in [0.2, 0.25) is 5.91 Å². The van der Waals surface area contributed by atoms with E-state index in [1.54, 1.807) is 0 Å². The summed E-state index contributed by atoms with van der Waals surface area (Å²) in [5.41, 5.74) is 0.0856. The van der Waals surface area contributed by atoms with Gasteiger partial charge in [-0.15, -0.1) is 0 Å². The van der Waals surface area contributed by atoms with Crippen molar-refractivity contribution >= 4 is 5.91 Å². The highest BCUT2D eigenvalue weighted by Crippen LogP contribution is 2.18. The molecular formula is C12H24N2O. The first-order chi connectivity index (χ1) is 6.97. The van der Waals surface area contributed by atoms with E-state index in [1.807, 2.05) is 0 Å². The summed E-state index contributed by atoms with van der Waals surface area (Å²) >= 11 is 0. The van der Waals surface area contributed by atoms with Crippen LogP contribution in [0.1, 0.15) is 46.5 Å². The molecular weight excluding hydrogens is 188 g/mol. The highest BCUT2D eigenvalue weighted by atomic mass is 16.1. The zero-order valence-corrected chi connectivity index (χ0v) is 10.2. The minimum absolute atomic E-state index is 0.0856. The van der Waals surface area contributed by atoms with Crippen molar-refractivity contribution in [3.8, 4) is 0 Å². The van der Waals surface area contributed by atoms with Gasteiger partial charge in [-0.2, -0.15) is 0 Å². The van der Waals surface area contributed by atoms with Gasteiger partial charge < -0.3 is 10.6 Å². The number of hydrogen-bond acceptors (Lipinski definition) is 2. The molecule has 1 amide bonds. The number of rotatable bonds is 2. The van der Waals surface area contributed by atoms with Crippen molar-refractivity contribution in [2.75, 3.05) is 13.1 Å². The van der Waals surface area contributed by atoms with E-state index in [0.717, 1.165) is 19.5 Å². The number of hydrogen-bond donors (Lipinski definition) is 2. The first-order valence-electron chi connectivity index (χ1n) is 5.97. The molecule has 0 spiro atoms. The van der Waals surface area contributed by atoms with Crippen molar-refractivity contribution in [2.24, 2.45) is 5.41 Å². The zero-order valence-electron chi connectivity index (χ0n) is 10.2. The minimum atomic E-state index is 0.0856. The number of nitrogens with one attached hydrogen (secondary N) is 2. The Morgan fingerprint density at radius 1 is 1.40 bits per heavy atom. The van der Waals surface area contributed by atoms with Crippen LogP contribution in [0, 0.1) is 5.41 Å². The molecule has 0 bridgehead atoms. The fraction of sp³-hybridized carbons (Fsp3) is 0.917. The molecule has 15 heavy (non-hydrogen) atoms. The summed E-state index contributed by atoms with van der Waals surface area (Å²) in [6, 6.07) is 0.336. The second-order valence-electron chi connectivity index (χ2n) is 5.70. The van der Waals surface area contributed by atoms with E-state index in [4.69, 9.17) is 0 Å². The molecule has 1 saturated heterocycles. The summed E-state index contributed by atoms with van der Waals surface area (Å²) in [6.45, 7) is 8.30. The SMILES string of the molecule is CC(C)(C)CC(=O)NC1CCCCNC1. The number of carbonyl (C=O) groups excluding carboxylic acids is 1. The average Bonchev–Trinajstić information content (AvgIpc) is 2.28. The van der Waals surface area contributed by atoms with Gasteiger partial charge >= 0.3 is 0 Å². The molecule has 1 aliphatic heterocycles. The largest absolute Gasteiger partial charge is 0.352 e. The summed E-state index contributed by atoms with van der Waals surface area (Å²) in [5.74, 6) is 0.191. The van der Waals surface area contributed by atoms with Crippen LogP contribution in [-0.2, 0) is 4.79 Å². The fourth-order valence-corrected chi connectivity index (χ4v) is 1.90. The predicted molar refractivity (Wildman–Crippen MR) is 62.7 cm³/mol. The van der Waals surface area contributed by atoms with Crippen molar-refractivity contribution < 1.29 is 4.79 Å². The molecule has 1 unspecified atom stereocenters. The van der Waals surface area contributed by atoms with Crippen LogP contribution in [0.2, 0.25) is 0 Å². The molecule has 0 radical (unpaired) electrons. The molecule has 1 rings (SSSR count). The summed E-state index contributed by atoms with van der Waals surface area (Å²) in [5, 5.41) is 6.46. The molecule has 0 saturated carbocycles. The van der Waals surface area contributed by atoms with Crippen LogP contribution in [0.25, 0.3) is 0 Å². The van der Waals surface area contributed by atoms with Gasteiger partial charge in [0.25, 0.3) is 0 Å². The molecule has 1 atom stereocenters. The van der Waals surface area contributed by atoms with Crippen LogP contribution in [0.5, 0.6) is 0 Å². The maximum atomic E-state index is 11.7. The highest BCUT2D eigenvalue weighted by molar-refractivity contribution is 5.76. The summed E-state index contributed by atoms with van der Waals surface area (Å²) in [6.07, 6.45) is 4.17. The Labute approximate surface area is 93.0 Å². The van der Waals surface area contributed by atoms with Crippen LogP contribution in [0.3, 0.4) is 0 Å². The lowest BCUT2D eigenvalue weighted by Crippen LogP contribution is -2.41. The Bertz CT molecular complexity index is 200. The lowest BCUT2D eigenvalue weighted by molar-refractivity contribution is -0.123. The third-order valence-corrected chi connectivity index (χ3v) is 2.60. The van der Waals surface area contributed by atoms with Gasteiger partial charge in [-0.1, -0.05) is 27.2 Å². The Morgan fingerprint density at radius 2 is 2.13 bits per heavy atom. The Balaban J connectivity index is 2.30. The molecule has 1 aliphatic rings. The third kappa shape index (κ3) is 5.78. The quantitative estimate of drug-likeness (QED) is 0.731. The Kier molecular flexibility index (Phi) is 4.58. The first-order valence-corrected chi connectivity index (χ1v) is 5.97. The standard InChI is InChI=1S/C12H24N2O/c1-12(2,3)8-11(15)14-10-6-4-5-7-13-9-10/h10,13H,4-9H2,1-3H3,(H,14,15). The van der Waals surface area contributed by atoms with Gasteiger partial charge in [0.05, 0.1) is 0 Å². The van der Waals surface area contributed by atoms with Crippen LogP contribution < -0.4 is 10.6 Å². The molecule has 0 aliphatic carbocycles. The molecule has 0 aromatic carbocycles. The molecule has 3 heteroatoms. The van der Waals surface area contributed by atoms with Crippen molar-refractivity contribution in [1.82, 2.24) is 10.6 Å². The fourth-order valence-electron chi connectivity index (χ4n) is 1.90. The maximum Gasteiger partial charge on any atom is 0.220 e. The van der Waals surface area contributed by atoms with Crippen LogP contribution >= 0.6 is 0 Å². The smallest absolute Gasteiger partial charge is 0.220 e. The van der Waals surface area contributed by atoms with E-state index in [-0.39, 0.29) is 11.3 Å².